The van der Waals surface area contributed by atoms with Gasteiger partial charge in [-0.3, -0.25) is 0 Å². The third-order valence-corrected chi connectivity index (χ3v) is 5.11. The van der Waals surface area contributed by atoms with E-state index in [0.717, 1.165) is 23.0 Å². The summed E-state index contributed by atoms with van der Waals surface area (Å²) in [4.78, 5) is 0. The van der Waals surface area contributed by atoms with Crippen LogP contribution in [-0.2, 0) is 4.74 Å². The second-order valence-corrected chi connectivity index (χ2v) is 7.00. The predicted molar refractivity (Wildman–Crippen MR) is 84.2 cm³/mol. The van der Waals surface area contributed by atoms with Gasteiger partial charge in [0.05, 0.1) is 13.2 Å². The van der Waals surface area contributed by atoms with Gasteiger partial charge in [0, 0.05) is 23.3 Å². The van der Waals surface area contributed by atoms with E-state index < -0.39 is 12.5 Å². The number of thioether (sulfide) groups is 2. The van der Waals surface area contributed by atoms with E-state index in [9.17, 15) is 0 Å². The van der Waals surface area contributed by atoms with Crippen LogP contribution in [0.2, 0.25) is 0 Å². The molecule has 116 valence electrons. The third-order valence-electron chi connectivity index (χ3n) is 2.67. The van der Waals surface area contributed by atoms with E-state index in [1.165, 1.54) is 0 Å². The highest BCUT2D eigenvalue weighted by Gasteiger charge is 2.09. The van der Waals surface area contributed by atoms with Gasteiger partial charge in [-0.05, 0) is 11.5 Å². The number of hydrogen-bond acceptors (Lipinski definition) is 7. The summed E-state index contributed by atoms with van der Waals surface area (Å²) in [5.41, 5.74) is 10.7. The quantitative estimate of drug-likeness (QED) is 0.303. The lowest BCUT2D eigenvalue weighted by molar-refractivity contribution is 0.134. The second-order valence-electron chi connectivity index (χ2n) is 4.70. The maximum Gasteiger partial charge on any atom is 0.105 e. The van der Waals surface area contributed by atoms with Crippen molar-refractivity contribution in [3.63, 3.8) is 0 Å². The Morgan fingerprint density at radius 1 is 0.895 bits per heavy atom. The molecule has 0 saturated heterocycles. The molecule has 0 saturated carbocycles. The summed E-state index contributed by atoms with van der Waals surface area (Å²) in [7, 11) is 0. The maximum atomic E-state index is 9.11. The monoisotopic (exact) mass is 312 g/mol. The lowest BCUT2D eigenvalue weighted by Gasteiger charge is -2.14. The SMILES string of the molecule is CC(CSCCOCCSCC(C)C(N)O)C(N)O. The Morgan fingerprint density at radius 2 is 1.26 bits per heavy atom. The van der Waals surface area contributed by atoms with E-state index in [0.29, 0.717) is 13.2 Å². The molecule has 0 aromatic carbocycles. The average Bonchev–Trinajstić information content (AvgIpc) is 2.35. The first-order valence-electron chi connectivity index (χ1n) is 6.55. The first kappa shape index (κ1) is 19.5. The Bertz CT molecular complexity index is 189. The fraction of sp³-hybridized carbons (Fsp3) is 1.00. The molecule has 4 atom stereocenters. The summed E-state index contributed by atoms with van der Waals surface area (Å²) in [6.07, 6.45) is -1.46. The largest absolute Gasteiger partial charge is 0.380 e. The minimum Gasteiger partial charge on any atom is -0.380 e. The molecule has 0 bridgehead atoms. The normalized spacial score (nSPS) is 18.0. The lowest BCUT2D eigenvalue weighted by Crippen LogP contribution is -2.29. The van der Waals surface area contributed by atoms with Gasteiger partial charge in [0.15, 0.2) is 0 Å². The number of aliphatic hydroxyl groups is 2. The highest BCUT2D eigenvalue weighted by Crippen LogP contribution is 2.11. The fourth-order valence-electron chi connectivity index (χ4n) is 1.07. The van der Waals surface area contributed by atoms with Gasteiger partial charge in [-0.25, -0.2) is 0 Å². The zero-order valence-electron chi connectivity index (χ0n) is 11.8. The van der Waals surface area contributed by atoms with Crippen molar-refractivity contribution in [2.45, 2.75) is 26.3 Å². The summed E-state index contributed by atoms with van der Waals surface area (Å²) in [5, 5.41) is 18.2. The first-order valence-corrected chi connectivity index (χ1v) is 8.86. The molecule has 0 aromatic rings. The minimum atomic E-state index is -0.732. The smallest absolute Gasteiger partial charge is 0.105 e. The van der Waals surface area contributed by atoms with Crippen molar-refractivity contribution in [3.8, 4) is 0 Å². The van der Waals surface area contributed by atoms with Crippen molar-refractivity contribution < 1.29 is 14.9 Å². The molecule has 0 aliphatic heterocycles. The Morgan fingerprint density at radius 3 is 1.58 bits per heavy atom. The molecule has 19 heavy (non-hydrogen) atoms. The second kappa shape index (κ2) is 12.3. The standard InChI is InChI=1S/C12H28N2O3S2/c1-9(11(13)15)7-18-5-3-17-4-6-19-8-10(2)12(14)16/h9-12,15-16H,3-8,13-14H2,1-2H3. The predicted octanol–water partition coefficient (Wildman–Crippen LogP) is 0.296. The number of hydrogen-bond donors (Lipinski definition) is 4. The number of rotatable bonds is 12. The van der Waals surface area contributed by atoms with E-state index in [-0.39, 0.29) is 11.8 Å². The molecule has 0 spiro atoms. The highest BCUT2D eigenvalue weighted by atomic mass is 32.2. The molecule has 7 heteroatoms. The van der Waals surface area contributed by atoms with E-state index in [4.69, 9.17) is 26.4 Å². The number of nitrogens with two attached hydrogens (primary N) is 2. The summed E-state index contributed by atoms with van der Waals surface area (Å²) in [5.74, 6) is 3.76. The molecular weight excluding hydrogens is 284 g/mol. The van der Waals surface area contributed by atoms with Gasteiger partial charge in [-0.1, -0.05) is 13.8 Å². The van der Waals surface area contributed by atoms with Gasteiger partial charge < -0.3 is 26.4 Å². The van der Waals surface area contributed by atoms with E-state index in [1.54, 1.807) is 23.5 Å². The third kappa shape index (κ3) is 12.0. The number of ether oxygens (including phenoxy) is 1. The van der Waals surface area contributed by atoms with Gasteiger partial charge in [0.1, 0.15) is 12.5 Å². The Balaban J connectivity index is 3.19. The molecule has 5 nitrogen and oxygen atoms in total. The van der Waals surface area contributed by atoms with Crippen LogP contribution in [0.1, 0.15) is 13.8 Å². The lowest BCUT2D eigenvalue weighted by atomic mass is 10.2. The summed E-state index contributed by atoms with van der Waals surface area (Å²) in [6, 6.07) is 0. The molecule has 0 rings (SSSR count). The van der Waals surface area contributed by atoms with Crippen LogP contribution < -0.4 is 11.5 Å². The van der Waals surface area contributed by atoms with E-state index in [1.807, 2.05) is 13.8 Å². The van der Waals surface area contributed by atoms with Crippen LogP contribution in [0.5, 0.6) is 0 Å². The van der Waals surface area contributed by atoms with Gasteiger partial charge in [0.25, 0.3) is 0 Å². The molecule has 4 unspecified atom stereocenters. The highest BCUT2D eigenvalue weighted by molar-refractivity contribution is 7.99. The van der Waals surface area contributed by atoms with Crippen LogP contribution in [0, 0.1) is 11.8 Å². The summed E-state index contributed by atoms with van der Waals surface area (Å²) in [6.45, 7) is 5.30. The van der Waals surface area contributed by atoms with Crippen molar-refractivity contribution in [1.82, 2.24) is 0 Å². The van der Waals surface area contributed by atoms with Crippen molar-refractivity contribution >= 4 is 23.5 Å². The molecule has 0 amide bonds. The van der Waals surface area contributed by atoms with Gasteiger partial charge in [-0.2, -0.15) is 23.5 Å². The van der Waals surface area contributed by atoms with Gasteiger partial charge in [0.2, 0.25) is 0 Å². The Labute approximate surface area is 124 Å². The molecule has 0 aromatic heterocycles. The topological polar surface area (TPSA) is 102 Å². The molecule has 0 fully saturated rings. The Hall–Kier alpha value is 0.500. The van der Waals surface area contributed by atoms with E-state index >= 15 is 0 Å². The molecular formula is C12H28N2O3S2. The number of aliphatic hydroxyl groups excluding tert-OH is 2. The van der Waals surface area contributed by atoms with Crippen LogP contribution >= 0.6 is 23.5 Å². The van der Waals surface area contributed by atoms with Crippen molar-refractivity contribution in [2.24, 2.45) is 23.3 Å². The zero-order chi connectivity index (χ0) is 14.7. The van der Waals surface area contributed by atoms with Gasteiger partial charge in [-0.15, -0.1) is 0 Å². The Kier molecular flexibility index (Phi) is 12.6. The van der Waals surface area contributed by atoms with Crippen LogP contribution in [-0.4, -0.2) is 58.9 Å². The molecule has 0 radical (unpaired) electrons. The summed E-state index contributed by atoms with van der Waals surface area (Å²) >= 11 is 3.48. The molecule has 0 aliphatic carbocycles. The van der Waals surface area contributed by atoms with Crippen LogP contribution in [0.15, 0.2) is 0 Å². The maximum absolute atomic E-state index is 9.11. The fourth-order valence-corrected chi connectivity index (χ4v) is 3.02. The van der Waals surface area contributed by atoms with E-state index in [2.05, 4.69) is 0 Å². The molecule has 6 N–H and O–H groups in total. The van der Waals surface area contributed by atoms with Crippen LogP contribution in [0.3, 0.4) is 0 Å². The van der Waals surface area contributed by atoms with Crippen molar-refractivity contribution in [3.05, 3.63) is 0 Å². The summed E-state index contributed by atoms with van der Waals surface area (Å²) < 4.78 is 5.49. The first-order chi connectivity index (χ1) is 8.95. The van der Waals surface area contributed by atoms with Crippen molar-refractivity contribution in [1.29, 1.82) is 0 Å². The van der Waals surface area contributed by atoms with Crippen molar-refractivity contribution in [2.75, 3.05) is 36.2 Å². The van der Waals surface area contributed by atoms with Crippen LogP contribution in [0.4, 0.5) is 0 Å². The zero-order valence-corrected chi connectivity index (χ0v) is 13.5. The minimum absolute atomic E-state index is 0.115. The molecule has 0 heterocycles. The van der Waals surface area contributed by atoms with Crippen LogP contribution in [0.25, 0.3) is 0 Å². The average molecular weight is 313 g/mol. The van der Waals surface area contributed by atoms with Gasteiger partial charge >= 0.3 is 0 Å². The molecule has 0 aliphatic rings.